The third kappa shape index (κ3) is 3.91. The molecule has 0 aromatic heterocycles. The second-order valence-corrected chi connectivity index (χ2v) is 5.18. The van der Waals surface area contributed by atoms with Gasteiger partial charge >= 0.3 is 0 Å². The lowest BCUT2D eigenvalue weighted by molar-refractivity contribution is -0.131. The summed E-state index contributed by atoms with van der Waals surface area (Å²) in [6, 6.07) is 16.5. The van der Waals surface area contributed by atoms with Gasteiger partial charge in [0.05, 0.1) is 6.04 Å². The average molecular weight is 285 g/mol. The molecule has 21 heavy (non-hydrogen) atoms. The minimum atomic E-state index is -0.246. The summed E-state index contributed by atoms with van der Waals surface area (Å²) in [4.78, 5) is 14.0. The van der Waals surface area contributed by atoms with Crippen molar-refractivity contribution in [2.75, 3.05) is 7.05 Å². The highest BCUT2D eigenvalue weighted by atomic mass is 19.1. The molecule has 0 saturated heterocycles. The second-order valence-electron chi connectivity index (χ2n) is 5.18. The molecule has 0 bridgehead atoms. The van der Waals surface area contributed by atoms with Crippen molar-refractivity contribution in [2.24, 2.45) is 0 Å². The van der Waals surface area contributed by atoms with Crippen LogP contribution in [0.2, 0.25) is 0 Å². The van der Waals surface area contributed by atoms with Crippen LogP contribution >= 0.6 is 0 Å². The molecule has 2 rings (SSSR count). The Morgan fingerprint density at radius 1 is 1.10 bits per heavy atom. The summed E-state index contributed by atoms with van der Waals surface area (Å²) in [5.74, 6) is -0.223. The summed E-state index contributed by atoms with van der Waals surface area (Å²) in [5.41, 5.74) is 1.69. The van der Waals surface area contributed by atoms with Crippen LogP contribution in [0.5, 0.6) is 0 Å². The molecule has 0 aliphatic rings. The molecule has 0 heterocycles. The predicted molar refractivity (Wildman–Crippen MR) is 82.3 cm³/mol. The Bertz CT molecular complexity index is 597. The van der Waals surface area contributed by atoms with E-state index in [0.717, 1.165) is 5.56 Å². The van der Waals surface area contributed by atoms with Gasteiger partial charge in [-0.2, -0.15) is 0 Å². The zero-order chi connectivity index (χ0) is 15.2. The van der Waals surface area contributed by atoms with E-state index in [1.807, 2.05) is 37.3 Å². The first kappa shape index (κ1) is 15.2. The van der Waals surface area contributed by atoms with Gasteiger partial charge in [0.2, 0.25) is 5.91 Å². The normalized spacial score (nSPS) is 12.0. The zero-order valence-electron chi connectivity index (χ0n) is 12.4. The van der Waals surface area contributed by atoms with Crippen molar-refractivity contribution in [1.82, 2.24) is 4.90 Å². The molecule has 1 unspecified atom stereocenters. The van der Waals surface area contributed by atoms with Crippen molar-refractivity contribution in [3.05, 3.63) is 71.5 Å². The van der Waals surface area contributed by atoms with E-state index in [1.54, 1.807) is 30.1 Å². The molecule has 2 aromatic carbocycles. The fraction of sp³-hybridized carbons (Fsp3) is 0.278. The smallest absolute Gasteiger partial charge is 0.223 e. The van der Waals surface area contributed by atoms with E-state index in [4.69, 9.17) is 0 Å². The van der Waals surface area contributed by atoms with Gasteiger partial charge in [-0.25, -0.2) is 4.39 Å². The Morgan fingerprint density at radius 3 is 2.38 bits per heavy atom. The van der Waals surface area contributed by atoms with Crippen molar-refractivity contribution in [1.29, 1.82) is 0 Å². The fourth-order valence-corrected chi connectivity index (χ4v) is 2.29. The summed E-state index contributed by atoms with van der Waals surface area (Å²) in [6.45, 7) is 2.00. The van der Waals surface area contributed by atoms with Crippen LogP contribution in [0.1, 0.15) is 30.5 Å². The number of nitrogens with zero attached hydrogens (tertiary/aromatic N) is 1. The summed E-state index contributed by atoms with van der Waals surface area (Å²) in [5, 5.41) is 0. The lowest BCUT2D eigenvalue weighted by Crippen LogP contribution is -2.29. The minimum absolute atomic E-state index is 0.0133. The minimum Gasteiger partial charge on any atom is -0.339 e. The van der Waals surface area contributed by atoms with Crippen LogP contribution in [0, 0.1) is 5.82 Å². The molecule has 0 N–H and O–H groups in total. The molecule has 3 heteroatoms. The van der Waals surface area contributed by atoms with Gasteiger partial charge in [-0.1, -0.05) is 48.5 Å². The Morgan fingerprint density at radius 2 is 1.71 bits per heavy atom. The first-order valence-electron chi connectivity index (χ1n) is 7.13. The standard InChI is InChI=1S/C18H20FNO/c1-14(15-8-4-3-5-9-15)20(2)18(21)13-12-16-10-6-7-11-17(16)19/h3-11,14H,12-13H2,1-2H3. The maximum Gasteiger partial charge on any atom is 0.223 e. The molecule has 0 spiro atoms. The van der Waals surface area contributed by atoms with E-state index in [0.29, 0.717) is 18.4 Å². The zero-order valence-corrected chi connectivity index (χ0v) is 12.4. The topological polar surface area (TPSA) is 20.3 Å². The quantitative estimate of drug-likeness (QED) is 0.813. The third-order valence-electron chi connectivity index (χ3n) is 3.82. The van der Waals surface area contributed by atoms with Crippen LogP contribution in [0.25, 0.3) is 0 Å². The SMILES string of the molecule is CC(c1ccccc1)N(C)C(=O)CCc1ccccc1F. The molecule has 110 valence electrons. The van der Waals surface area contributed by atoms with E-state index < -0.39 is 0 Å². The predicted octanol–water partition coefficient (Wildman–Crippen LogP) is 3.98. The van der Waals surface area contributed by atoms with Crippen molar-refractivity contribution in [3.8, 4) is 0 Å². The van der Waals surface area contributed by atoms with E-state index in [2.05, 4.69) is 0 Å². The van der Waals surface area contributed by atoms with Crippen LogP contribution in [0.4, 0.5) is 4.39 Å². The molecule has 0 aliphatic heterocycles. The van der Waals surface area contributed by atoms with E-state index in [1.165, 1.54) is 6.07 Å². The lowest BCUT2D eigenvalue weighted by atomic mass is 10.1. The number of halogens is 1. The molecule has 2 aromatic rings. The van der Waals surface area contributed by atoms with Gasteiger partial charge < -0.3 is 4.90 Å². The van der Waals surface area contributed by atoms with E-state index >= 15 is 0 Å². The van der Waals surface area contributed by atoms with Gasteiger partial charge in [0.1, 0.15) is 5.82 Å². The van der Waals surface area contributed by atoms with Crippen LogP contribution in [0.15, 0.2) is 54.6 Å². The molecule has 2 nitrogen and oxygen atoms in total. The molecule has 1 amide bonds. The van der Waals surface area contributed by atoms with Gasteiger partial charge in [0, 0.05) is 13.5 Å². The van der Waals surface area contributed by atoms with Crippen molar-refractivity contribution in [2.45, 2.75) is 25.8 Å². The van der Waals surface area contributed by atoms with Crippen LogP contribution in [0.3, 0.4) is 0 Å². The van der Waals surface area contributed by atoms with Crippen LogP contribution in [-0.4, -0.2) is 17.9 Å². The Hall–Kier alpha value is -2.16. The van der Waals surface area contributed by atoms with Crippen LogP contribution < -0.4 is 0 Å². The number of carbonyl (C=O) groups is 1. The Balaban J connectivity index is 1.95. The highest BCUT2D eigenvalue weighted by Gasteiger charge is 2.17. The summed E-state index contributed by atoms with van der Waals surface area (Å²) >= 11 is 0. The number of aryl methyl sites for hydroxylation is 1. The number of benzene rings is 2. The number of carbonyl (C=O) groups excluding carboxylic acids is 1. The Labute approximate surface area is 125 Å². The second kappa shape index (κ2) is 7.02. The first-order chi connectivity index (χ1) is 10.1. The highest BCUT2D eigenvalue weighted by molar-refractivity contribution is 5.76. The first-order valence-corrected chi connectivity index (χ1v) is 7.13. The van der Waals surface area contributed by atoms with Crippen LogP contribution in [-0.2, 0) is 11.2 Å². The molecule has 1 atom stereocenters. The average Bonchev–Trinajstić information content (AvgIpc) is 2.53. The van der Waals surface area contributed by atoms with E-state index in [-0.39, 0.29) is 17.8 Å². The van der Waals surface area contributed by atoms with Gasteiger partial charge in [-0.3, -0.25) is 4.79 Å². The fourth-order valence-electron chi connectivity index (χ4n) is 2.29. The van der Waals surface area contributed by atoms with Gasteiger partial charge in [-0.15, -0.1) is 0 Å². The monoisotopic (exact) mass is 285 g/mol. The van der Waals surface area contributed by atoms with E-state index in [9.17, 15) is 9.18 Å². The number of amides is 1. The number of rotatable bonds is 5. The van der Waals surface area contributed by atoms with Crippen molar-refractivity contribution >= 4 is 5.91 Å². The molecular weight excluding hydrogens is 265 g/mol. The molecular formula is C18H20FNO. The summed E-state index contributed by atoms with van der Waals surface area (Å²) < 4.78 is 13.5. The van der Waals surface area contributed by atoms with Gasteiger partial charge in [-0.05, 0) is 30.5 Å². The summed E-state index contributed by atoms with van der Waals surface area (Å²) in [7, 11) is 1.79. The molecule has 0 radical (unpaired) electrons. The van der Waals surface area contributed by atoms with Gasteiger partial charge in [0.25, 0.3) is 0 Å². The third-order valence-corrected chi connectivity index (χ3v) is 3.82. The maximum absolute atomic E-state index is 13.5. The largest absolute Gasteiger partial charge is 0.339 e. The Kier molecular flexibility index (Phi) is 5.09. The summed E-state index contributed by atoms with van der Waals surface area (Å²) in [6.07, 6.45) is 0.742. The maximum atomic E-state index is 13.5. The number of hydrogen-bond acceptors (Lipinski definition) is 1. The van der Waals surface area contributed by atoms with Gasteiger partial charge in [0.15, 0.2) is 0 Å². The number of hydrogen-bond donors (Lipinski definition) is 0. The van der Waals surface area contributed by atoms with Crippen molar-refractivity contribution in [3.63, 3.8) is 0 Å². The van der Waals surface area contributed by atoms with Crippen molar-refractivity contribution < 1.29 is 9.18 Å². The highest BCUT2D eigenvalue weighted by Crippen LogP contribution is 2.19. The molecule has 0 saturated carbocycles. The lowest BCUT2D eigenvalue weighted by Gasteiger charge is -2.25. The molecule has 0 fully saturated rings. The molecule has 0 aliphatic carbocycles.